The number of aliphatic carboxylic acids is 1. The van der Waals surface area contributed by atoms with Gasteiger partial charge in [-0.15, -0.1) is 0 Å². The van der Waals surface area contributed by atoms with Crippen LogP contribution < -0.4 is 5.32 Å². The number of nitrogens with zero attached hydrogens (tertiary/aromatic N) is 1. The smallest absolute Gasteiger partial charge is 0.410 e. The molecule has 2 rings (SSSR count). The highest BCUT2D eigenvalue weighted by molar-refractivity contribution is 5.73. The van der Waals surface area contributed by atoms with E-state index in [-0.39, 0.29) is 12.5 Å². The second-order valence-corrected chi connectivity index (χ2v) is 7.72. The molecular formula is C16H28N2O4. The van der Waals surface area contributed by atoms with E-state index in [0.717, 1.165) is 12.8 Å². The Balaban J connectivity index is 1.88. The number of hydrogen-bond acceptors (Lipinski definition) is 4. The first-order valence-corrected chi connectivity index (χ1v) is 8.11. The molecule has 1 saturated carbocycles. The van der Waals surface area contributed by atoms with Crippen LogP contribution in [0, 0.1) is 5.92 Å². The van der Waals surface area contributed by atoms with E-state index in [1.54, 1.807) is 4.90 Å². The van der Waals surface area contributed by atoms with Crippen molar-refractivity contribution in [3.8, 4) is 0 Å². The number of rotatable bonds is 6. The predicted octanol–water partition coefficient (Wildman–Crippen LogP) is 2.23. The molecule has 1 saturated heterocycles. The molecule has 0 radical (unpaired) electrons. The van der Waals surface area contributed by atoms with Crippen molar-refractivity contribution in [2.24, 2.45) is 5.92 Å². The standard InChI is InChI=1S/C16H28N2O4/c1-5-6-11-7-12(11)17-16(8-13(19)20)9-18(10-16)14(21)22-15(2,3)4/h11-12,17H,5-10H2,1-4H3,(H,19,20). The van der Waals surface area contributed by atoms with Gasteiger partial charge in [-0.05, 0) is 39.5 Å². The molecule has 6 heteroatoms. The van der Waals surface area contributed by atoms with Crippen LogP contribution in [0.25, 0.3) is 0 Å². The summed E-state index contributed by atoms with van der Waals surface area (Å²) >= 11 is 0. The molecule has 0 aromatic heterocycles. The molecule has 0 aromatic rings. The first kappa shape index (κ1) is 17.1. The average molecular weight is 312 g/mol. The number of hydrogen-bond donors (Lipinski definition) is 2. The zero-order chi connectivity index (χ0) is 16.5. The van der Waals surface area contributed by atoms with E-state index in [2.05, 4.69) is 12.2 Å². The summed E-state index contributed by atoms with van der Waals surface area (Å²) in [5.74, 6) is -0.171. The Labute approximate surface area is 132 Å². The SMILES string of the molecule is CCCC1CC1NC1(CC(=O)O)CN(C(=O)OC(C)(C)C)C1. The number of carboxylic acids is 1. The van der Waals surface area contributed by atoms with Gasteiger partial charge in [-0.2, -0.15) is 0 Å². The Kier molecular flexibility index (Phi) is 4.70. The molecule has 2 N–H and O–H groups in total. The molecule has 0 bridgehead atoms. The van der Waals surface area contributed by atoms with Crippen LogP contribution in [-0.4, -0.2) is 52.3 Å². The van der Waals surface area contributed by atoms with Crippen LogP contribution in [0.2, 0.25) is 0 Å². The lowest BCUT2D eigenvalue weighted by atomic mass is 9.86. The van der Waals surface area contributed by atoms with E-state index < -0.39 is 17.1 Å². The van der Waals surface area contributed by atoms with Crippen molar-refractivity contribution in [3.63, 3.8) is 0 Å². The summed E-state index contributed by atoms with van der Waals surface area (Å²) in [5.41, 5.74) is -1.02. The maximum absolute atomic E-state index is 12.0. The maximum atomic E-state index is 12.0. The molecule has 1 aliphatic carbocycles. The van der Waals surface area contributed by atoms with Crippen molar-refractivity contribution in [1.29, 1.82) is 0 Å². The van der Waals surface area contributed by atoms with Gasteiger partial charge in [0, 0.05) is 19.1 Å². The lowest BCUT2D eigenvalue weighted by molar-refractivity contribution is -0.141. The summed E-state index contributed by atoms with van der Waals surface area (Å²) in [6.07, 6.45) is 3.12. The molecule has 1 aliphatic heterocycles. The van der Waals surface area contributed by atoms with Crippen LogP contribution in [0.15, 0.2) is 0 Å². The van der Waals surface area contributed by atoms with Gasteiger partial charge in [-0.25, -0.2) is 4.79 Å². The monoisotopic (exact) mass is 312 g/mol. The molecule has 6 nitrogen and oxygen atoms in total. The van der Waals surface area contributed by atoms with Crippen molar-refractivity contribution in [1.82, 2.24) is 10.2 Å². The van der Waals surface area contributed by atoms with Crippen molar-refractivity contribution < 1.29 is 19.4 Å². The van der Waals surface area contributed by atoms with Gasteiger partial charge in [0.25, 0.3) is 0 Å². The van der Waals surface area contributed by atoms with E-state index in [9.17, 15) is 9.59 Å². The highest BCUT2D eigenvalue weighted by Crippen LogP contribution is 2.38. The topological polar surface area (TPSA) is 78.9 Å². The van der Waals surface area contributed by atoms with Gasteiger partial charge in [0.1, 0.15) is 5.60 Å². The Morgan fingerprint density at radius 1 is 1.36 bits per heavy atom. The molecule has 1 heterocycles. The van der Waals surface area contributed by atoms with Crippen LogP contribution >= 0.6 is 0 Å². The molecule has 0 spiro atoms. The van der Waals surface area contributed by atoms with Gasteiger partial charge < -0.3 is 20.1 Å². The minimum absolute atomic E-state index is 0.0433. The number of likely N-dealkylation sites (tertiary alicyclic amines) is 1. The van der Waals surface area contributed by atoms with E-state index in [1.165, 1.54) is 6.42 Å². The van der Waals surface area contributed by atoms with E-state index >= 15 is 0 Å². The molecule has 22 heavy (non-hydrogen) atoms. The fraction of sp³-hybridized carbons (Fsp3) is 0.875. The van der Waals surface area contributed by atoms with Crippen molar-refractivity contribution >= 4 is 12.1 Å². The first-order valence-electron chi connectivity index (χ1n) is 8.11. The summed E-state index contributed by atoms with van der Waals surface area (Å²) in [5, 5.41) is 12.6. The maximum Gasteiger partial charge on any atom is 0.410 e. The van der Waals surface area contributed by atoms with Crippen LogP contribution in [-0.2, 0) is 9.53 Å². The molecule has 2 unspecified atom stereocenters. The third-order valence-electron chi connectivity index (χ3n) is 4.20. The van der Waals surface area contributed by atoms with Crippen LogP contribution in [0.1, 0.15) is 53.4 Å². The molecule has 126 valence electrons. The van der Waals surface area contributed by atoms with Gasteiger partial charge >= 0.3 is 12.1 Å². The summed E-state index contributed by atoms with van der Waals surface area (Å²) in [6.45, 7) is 8.45. The fourth-order valence-electron chi connectivity index (χ4n) is 3.19. The van der Waals surface area contributed by atoms with Gasteiger partial charge in [-0.3, -0.25) is 4.79 Å². The predicted molar refractivity (Wildman–Crippen MR) is 82.7 cm³/mol. The van der Waals surface area contributed by atoms with Crippen molar-refractivity contribution in [2.75, 3.05) is 13.1 Å². The Morgan fingerprint density at radius 2 is 2.00 bits per heavy atom. The molecular weight excluding hydrogens is 284 g/mol. The van der Waals surface area contributed by atoms with E-state index in [1.807, 2.05) is 20.8 Å². The molecule has 0 aromatic carbocycles. The summed E-state index contributed by atoms with van der Waals surface area (Å²) in [7, 11) is 0. The molecule has 2 atom stereocenters. The zero-order valence-electron chi connectivity index (χ0n) is 14.0. The van der Waals surface area contributed by atoms with Crippen molar-refractivity contribution in [2.45, 2.75) is 70.6 Å². The first-order chi connectivity index (χ1) is 10.1. The number of carbonyl (C=O) groups is 2. The van der Waals surface area contributed by atoms with Crippen LogP contribution in [0.5, 0.6) is 0 Å². The van der Waals surface area contributed by atoms with Gasteiger partial charge in [0.15, 0.2) is 0 Å². The van der Waals surface area contributed by atoms with Crippen LogP contribution in [0.3, 0.4) is 0 Å². The summed E-state index contributed by atoms with van der Waals surface area (Å²) < 4.78 is 5.33. The van der Waals surface area contributed by atoms with Gasteiger partial charge in [-0.1, -0.05) is 13.3 Å². The molecule has 2 fully saturated rings. The summed E-state index contributed by atoms with van der Waals surface area (Å²) in [4.78, 5) is 24.7. The third kappa shape index (κ3) is 4.35. The van der Waals surface area contributed by atoms with Crippen molar-refractivity contribution in [3.05, 3.63) is 0 Å². The van der Waals surface area contributed by atoms with Gasteiger partial charge in [0.2, 0.25) is 0 Å². The van der Waals surface area contributed by atoms with E-state index in [0.29, 0.717) is 25.0 Å². The second-order valence-electron chi connectivity index (χ2n) is 7.72. The number of amides is 1. The van der Waals surface area contributed by atoms with E-state index in [4.69, 9.17) is 9.84 Å². The zero-order valence-corrected chi connectivity index (χ0v) is 14.0. The molecule has 1 amide bonds. The Bertz CT molecular complexity index is 438. The minimum atomic E-state index is -0.830. The Morgan fingerprint density at radius 3 is 2.50 bits per heavy atom. The Hall–Kier alpha value is -1.30. The quantitative estimate of drug-likeness (QED) is 0.786. The average Bonchev–Trinajstić information content (AvgIpc) is 3.00. The summed E-state index contributed by atoms with van der Waals surface area (Å²) in [6, 6.07) is 0.403. The largest absolute Gasteiger partial charge is 0.481 e. The lowest BCUT2D eigenvalue weighted by Gasteiger charge is -2.50. The third-order valence-corrected chi connectivity index (χ3v) is 4.20. The highest BCUT2D eigenvalue weighted by atomic mass is 16.6. The number of nitrogens with one attached hydrogen (secondary N) is 1. The minimum Gasteiger partial charge on any atom is -0.481 e. The molecule has 2 aliphatic rings. The highest BCUT2D eigenvalue weighted by Gasteiger charge is 2.52. The normalized spacial score (nSPS) is 26.3. The number of ether oxygens (including phenoxy) is 1. The second kappa shape index (κ2) is 6.07. The van der Waals surface area contributed by atoms with Crippen LogP contribution in [0.4, 0.5) is 4.79 Å². The number of carbonyl (C=O) groups excluding carboxylic acids is 1. The number of carboxylic acid groups (broad SMARTS) is 1. The van der Waals surface area contributed by atoms with Gasteiger partial charge in [0.05, 0.1) is 12.0 Å². The fourth-order valence-corrected chi connectivity index (χ4v) is 3.19. The lowest BCUT2D eigenvalue weighted by Crippen LogP contribution is -2.71.